The number of nitrogen functional groups attached to an aromatic ring is 1. The maximum atomic E-state index is 11.9. The molecule has 0 spiro atoms. The monoisotopic (exact) mass is 264 g/mol. The van der Waals surface area contributed by atoms with Gasteiger partial charge >= 0.3 is 0 Å². The van der Waals surface area contributed by atoms with E-state index in [0.717, 1.165) is 5.56 Å². The Balaban J connectivity index is 2.63. The van der Waals surface area contributed by atoms with Crippen LogP contribution in [0.4, 0.5) is 11.4 Å². The fourth-order valence-corrected chi connectivity index (χ4v) is 1.67. The molecule has 0 aromatic heterocycles. The van der Waals surface area contributed by atoms with Gasteiger partial charge in [0, 0.05) is 11.4 Å². The molecule has 0 radical (unpaired) electrons. The lowest BCUT2D eigenvalue weighted by atomic mass is 10.2. The summed E-state index contributed by atoms with van der Waals surface area (Å²) in [4.78, 5) is 24.4. The quantitative estimate of drug-likeness (QED) is 0.644. The molecule has 6 heteroatoms. The summed E-state index contributed by atoms with van der Waals surface area (Å²) in [5.41, 5.74) is 13.0. The van der Waals surface area contributed by atoms with E-state index in [2.05, 4.69) is 5.32 Å². The smallest absolute Gasteiger partial charge is 0.238 e. The van der Waals surface area contributed by atoms with E-state index < -0.39 is 5.91 Å². The number of carbonyl (C=O) groups is 2. The summed E-state index contributed by atoms with van der Waals surface area (Å²) in [5.74, 6) is -0.647. The van der Waals surface area contributed by atoms with Crippen molar-refractivity contribution in [3.63, 3.8) is 0 Å². The van der Waals surface area contributed by atoms with Gasteiger partial charge in [-0.25, -0.2) is 0 Å². The molecular formula is C13H20N4O2. The molecule has 0 heterocycles. The number of rotatable bonds is 6. The van der Waals surface area contributed by atoms with Gasteiger partial charge in [0.1, 0.15) is 0 Å². The van der Waals surface area contributed by atoms with Crippen molar-refractivity contribution in [2.24, 2.45) is 5.73 Å². The van der Waals surface area contributed by atoms with E-state index in [-0.39, 0.29) is 19.0 Å². The number of hydrogen-bond donors (Lipinski definition) is 3. The first-order valence-electron chi connectivity index (χ1n) is 6.09. The standard InChI is InChI=1S/C13H20N4O2/c1-3-17(7-12(15)18)8-13(19)16-11-6-10(14)5-4-9(11)2/h4-6H,3,7-8,14H2,1-2H3,(H2,15,18)(H,16,19). The van der Waals surface area contributed by atoms with Crippen molar-refractivity contribution in [1.29, 1.82) is 0 Å². The maximum Gasteiger partial charge on any atom is 0.238 e. The highest BCUT2D eigenvalue weighted by atomic mass is 16.2. The van der Waals surface area contributed by atoms with E-state index in [9.17, 15) is 9.59 Å². The van der Waals surface area contributed by atoms with Gasteiger partial charge in [-0.1, -0.05) is 13.0 Å². The highest BCUT2D eigenvalue weighted by molar-refractivity contribution is 5.93. The topological polar surface area (TPSA) is 101 Å². The molecule has 0 aliphatic carbocycles. The number of amides is 2. The van der Waals surface area contributed by atoms with Gasteiger partial charge in [0.05, 0.1) is 13.1 Å². The van der Waals surface area contributed by atoms with E-state index in [1.807, 2.05) is 19.9 Å². The SMILES string of the molecule is CCN(CC(N)=O)CC(=O)Nc1cc(N)ccc1C. The second-order valence-corrected chi connectivity index (χ2v) is 4.39. The van der Waals surface area contributed by atoms with Crippen LogP contribution in [0, 0.1) is 6.92 Å². The lowest BCUT2D eigenvalue weighted by molar-refractivity contribution is -0.121. The van der Waals surface area contributed by atoms with Crippen molar-refractivity contribution in [2.45, 2.75) is 13.8 Å². The van der Waals surface area contributed by atoms with E-state index in [0.29, 0.717) is 17.9 Å². The Morgan fingerprint density at radius 3 is 2.58 bits per heavy atom. The molecule has 19 heavy (non-hydrogen) atoms. The minimum atomic E-state index is -0.449. The van der Waals surface area contributed by atoms with Crippen LogP contribution in [0.5, 0.6) is 0 Å². The van der Waals surface area contributed by atoms with Gasteiger partial charge in [0.2, 0.25) is 11.8 Å². The molecule has 0 fully saturated rings. The summed E-state index contributed by atoms with van der Waals surface area (Å²) in [6, 6.07) is 5.32. The third kappa shape index (κ3) is 4.97. The number of nitrogens with one attached hydrogen (secondary N) is 1. The average molecular weight is 264 g/mol. The minimum Gasteiger partial charge on any atom is -0.399 e. The molecular weight excluding hydrogens is 244 g/mol. The second kappa shape index (κ2) is 6.75. The molecule has 5 N–H and O–H groups in total. The first-order valence-corrected chi connectivity index (χ1v) is 6.09. The summed E-state index contributed by atoms with van der Waals surface area (Å²) in [6.45, 7) is 4.51. The number of carbonyl (C=O) groups excluding carboxylic acids is 2. The Morgan fingerprint density at radius 1 is 1.32 bits per heavy atom. The summed E-state index contributed by atoms with van der Waals surface area (Å²) in [5, 5.41) is 2.78. The molecule has 1 aromatic carbocycles. The van der Waals surface area contributed by atoms with Gasteiger partial charge in [0.25, 0.3) is 0 Å². The Kier molecular flexibility index (Phi) is 5.32. The predicted molar refractivity (Wildman–Crippen MR) is 75.5 cm³/mol. The highest BCUT2D eigenvalue weighted by Gasteiger charge is 2.12. The lowest BCUT2D eigenvalue weighted by Gasteiger charge is -2.18. The minimum absolute atomic E-state index is 0.0693. The number of benzene rings is 1. The van der Waals surface area contributed by atoms with Crippen LogP contribution in [-0.2, 0) is 9.59 Å². The van der Waals surface area contributed by atoms with Crippen molar-refractivity contribution >= 4 is 23.2 Å². The van der Waals surface area contributed by atoms with Gasteiger partial charge in [-0.3, -0.25) is 14.5 Å². The van der Waals surface area contributed by atoms with Crippen LogP contribution in [0.25, 0.3) is 0 Å². The Labute approximate surface area is 112 Å². The summed E-state index contributed by atoms with van der Waals surface area (Å²) < 4.78 is 0. The molecule has 2 amide bonds. The fourth-order valence-electron chi connectivity index (χ4n) is 1.67. The van der Waals surface area contributed by atoms with Gasteiger partial charge < -0.3 is 16.8 Å². The molecule has 1 rings (SSSR count). The Bertz CT molecular complexity index is 474. The van der Waals surface area contributed by atoms with Crippen molar-refractivity contribution < 1.29 is 9.59 Å². The van der Waals surface area contributed by atoms with E-state index in [4.69, 9.17) is 11.5 Å². The van der Waals surface area contributed by atoms with E-state index in [1.54, 1.807) is 17.0 Å². The molecule has 6 nitrogen and oxygen atoms in total. The Morgan fingerprint density at radius 2 is 2.00 bits per heavy atom. The van der Waals surface area contributed by atoms with Crippen molar-refractivity contribution in [3.8, 4) is 0 Å². The lowest BCUT2D eigenvalue weighted by Crippen LogP contribution is -2.39. The summed E-state index contributed by atoms with van der Waals surface area (Å²) >= 11 is 0. The largest absolute Gasteiger partial charge is 0.399 e. The molecule has 0 aliphatic rings. The molecule has 0 saturated heterocycles. The van der Waals surface area contributed by atoms with Crippen LogP contribution in [0.1, 0.15) is 12.5 Å². The summed E-state index contributed by atoms with van der Waals surface area (Å²) in [7, 11) is 0. The first-order chi connectivity index (χ1) is 8.92. The normalized spacial score (nSPS) is 10.5. The molecule has 104 valence electrons. The average Bonchev–Trinajstić information content (AvgIpc) is 2.32. The number of hydrogen-bond acceptors (Lipinski definition) is 4. The number of primary amides is 1. The van der Waals surface area contributed by atoms with Crippen molar-refractivity contribution in [3.05, 3.63) is 23.8 Å². The van der Waals surface area contributed by atoms with E-state index >= 15 is 0 Å². The van der Waals surface area contributed by atoms with Crippen LogP contribution >= 0.6 is 0 Å². The van der Waals surface area contributed by atoms with Crippen molar-refractivity contribution in [1.82, 2.24) is 4.90 Å². The predicted octanol–water partition coefficient (Wildman–Crippen LogP) is 0.323. The van der Waals surface area contributed by atoms with Gasteiger partial charge in [-0.2, -0.15) is 0 Å². The number of nitrogens with two attached hydrogens (primary N) is 2. The zero-order valence-electron chi connectivity index (χ0n) is 11.3. The number of aryl methyl sites for hydroxylation is 1. The van der Waals surface area contributed by atoms with Crippen molar-refractivity contribution in [2.75, 3.05) is 30.7 Å². The first kappa shape index (κ1) is 15.0. The molecule has 1 aromatic rings. The zero-order chi connectivity index (χ0) is 14.4. The summed E-state index contributed by atoms with van der Waals surface area (Å²) in [6.07, 6.45) is 0. The highest BCUT2D eigenvalue weighted by Crippen LogP contribution is 2.17. The number of likely N-dealkylation sites (N-methyl/N-ethyl adjacent to an activating group) is 1. The molecule has 0 atom stereocenters. The second-order valence-electron chi connectivity index (χ2n) is 4.39. The number of anilines is 2. The van der Waals surface area contributed by atoms with E-state index in [1.165, 1.54) is 0 Å². The molecule has 0 saturated carbocycles. The van der Waals surface area contributed by atoms with Crippen LogP contribution in [0.2, 0.25) is 0 Å². The Hall–Kier alpha value is -2.08. The van der Waals surface area contributed by atoms with Gasteiger partial charge in [0.15, 0.2) is 0 Å². The van der Waals surface area contributed by atoms with Gasteiger partial charge in [-0.15, -0.1) is 0 Å². The maximum absolute atomic E-state index is 11.9. The molecule has 0 bridgehead atoms. The molecule has 0 aliphatic heterocycles. The fraction of sp³-hybridized carbons (Fsp3) is 0.385. The van der Waals surface area contributed by atoms with Crippen LogP contribution in [0.3, 0.4) is 0 Å². The van der Waals surface area contributed by atoms with Crippen LogP contribution < -0.4 is 16.8 Å². The third-order valence-electron chi connectivity index (χ3n) is 2.73. The zero-order valence-corrected chi connectivity index (χ0v) is 11.3. The van der Waals surface area contributed by atoms with Gasteiger partial charge in [-0.05, 0) is 31.2 Å². The van der Waals surface area contributed by atoms with Crippen LogP contribution in [-0.4, -0.2) is 36.3 Å². The molecule has 0 unspecified atom stereocenters. The number of nitrogens with zero attached hydrogens (tertiary/aromatic N) is 1. The van der Waals surface area contributed by atoms with Crippen LogP contribution in [0.15, 0.2) is 18.2 Å². The third-order valence-corrected chi connectivity index (χ3v) is 2.73.